The van der Waals surface area contributed by atoms with E-state index in [0.717, 1.165) is 17.1 Å². The smallest absolute Gasteiger partial charge is 0.231 e. The number of ether oxygens (including phenoxy) is 2. The van der Waals surface area contributed by atoms with Gasteiger partial charge in [-0.15, -0.1) is 0 Å². The number of benzene rings is 1. The van der Waals surface area contributed by atoms with Crippen molar-refractivity contribution in [1.82, 2.24) is 14.8 Å². The van der Waals surface area contributed by atoms with Crippen molar-refractivity contribution in [2.45, 2.75) is 6.54 Å². The minimum absolute atomic E-state index is 0.296. The van der Waals surface area contributed by atoms with Gasteiger partial charge in [0.25, 0.3) is 0 Å². The third-order valence-corrected chi connectivity index (χ3v) is 2.73. The zero-order valence-corrected chi connectivity index (χ0v) is 9.16. The number of aromatic amines is 1. The highest BCUT2D eigenvalue weighted by Crippen LogP contribution is 2.32. The van der Waals surface area contributed by atoms with E-state index in [4.69, 9.17) is 21.7 Å². The Kier molecular flexibility index (Phi) is 2.14. The Morgan fingerprint density at radius 2 is 2.25 bits per heavy atom. The van der Waals surface area contributed by atoms with Gasteiger partial charge in [0.1, 0.15) is 6.33 Å². The van der Waals surface area contributed by atoms with Crippen LogP contribution in [0.3, 0.4) is 0 Å². The summed E-state index contributed by atoms with van der Waals surface area (Å²) in [5.41, 5.74) is 1.10. The van der Waals surface area contributed by atoms with E-state index in [1.165, 1.54) is 0 Å². The number of aromatic nitrogens is 3. The quantitative estimate of drug-likeness (QED) is 0.805. The van der Waals surface area contributed by atoms with Gasteiger partial charge in [-0.2, -0.15) is 5.10 Å². The molecule has 2 heterocycles. The van der Waals surface area contributed by atoms with Crippen LogP contribution in [-0.2, 0) is 6.54 Å². The van der Waals surface area contributed by atoms with Gasteiger partial charge < -0.3 is 14.0 Å². The van der Waals surface area contributed by atoms with E-state index in [-0.39, 0.29) is 0 Å². The number of H-pyrrole nitrogens is 1. The third kappa shape index (κ3) is 1.57. The zero-order valence-electron chi connectivity index (χ0n) is 8.34. The lowest BCUT2D eigenvalue weighted by Gasteiger charge is -2.03. The molecule has 82 valence electrons. The Morgan fingerprint density at radius 1 is 1.38 bits per heavy atom. The van der Waals surface area contributed by atoms with Crippen LogP contribution < -0.4 is 9.47 Å². The first-order chi connectivity index (χ1) is 7.83. The monoisotopic (exact) mass is 235 g/mol. The minimum Gasteiger partial charge on any atom is -0.454 e. The van der Waals surface area contributed by atoms with Crippen LogP contribution in [0.4, 0.5) is 0 Å². The fourth-order valence-electron chi connectivity index (χ4n) is 1.62. The zero-order chi connectivity index (χ0) is 11.0. The van der Waals surface area contributed by atoms with Crippen molar-refractivity contribution >= 4 is 12.2 Å². The topological polar surface area (TPSA) is 52.1 Å². The average Bonchev–Trinajstić information content (AvgIpc) is 2.88. The molecule has 5 nitrogen and oxygen atoms in total. The lowest BCUT2D eigenvalue weighted by molar-refractivity contribution is 0.174. The lowest BCUT2D eigenvalue weighted by atomic mass is 10.2. The van der Waals surface area contributed by atoms with Gasteiger partial charge in [0.2, 0.25) is 6.79 Å². The molecule has 1 aromatic heterocycles. The van der Waals surface area contributed by atoms with Crippen molar-refractivity contribution in [2.24, 2.45) is 0 Å². The minimum atomic E-state index is 0.296. The highest BCUT2D eigenvalue weighted by Gasteiger charge is 2.13. The molecule has 0 saturated heterocycles. The first-order valence-corrected chi connectivity index (χ1v) is 5.22. The summed E-state index contributed by atoms with van der Waals surface area (Å²) in [5, 5.41) is 6.58. The summed E-state index contributed by atoms with van der Waals surface area (Å²) in [4.78, 5) is 0. The van der Waals surface area contributed by atoms with Crippen molar-refractivity contribution in [3.05, 3.63) is 34.9 Å². The van der Waals surface area contributed by atoms with Gasteiger partial charge in [-0.3, -0.25) is 5.10 Å². The van der Waals surface area contributed by atoms with Crippen molar-refractivity contribution < 1.29 is 9.47 Å². The van der Waals surface area contributed by atoms with Crippen LogP contribution in [0.1, 0.15) is 5.56 Å². The summed E-state index contributed by atoms with van der Waals surface area (Å²) in [5.74, 6) is 1.58. The fourth-order valence-corrected chi connectivity index (χ4v) is 1.78. The van der Waals surface area contributed by atoms with Gasteiger partial charge in [-0.1, -0.05) is 6.07 Å². The molecule has 1 aliphatic rings. The Hall–Kier alpha value is -1.82. The molecular weight excluding hydrogens is 226 g/mol. The van der Waals surface area contributed by atoms with Gasteiger partial charge in [-0.25, -0.2) is 0 Å². The van der Waals surface area contributed by atoms with Gasteiger partial charge in [0.05, 0.1) is 6.54 Å². The van der Waals surface area contributed by atoms with Crippen LogP contribution in [0.25, 0.3) is 0 Å². The highest BCUT2D eigenvalue weighted by molar-refractivity contribution is 7.71. The molecule has 0 aliphatic carbocycles. The molecule has 1 aliphatic heterocycles. The van der Waals surface area contributed by atoms with E-state index in [1.807, 2.05) is 22.8 Å². The maximum absolute atomic E-state index is 5.31. The second-order valence-corrected chi connectivity index (χ2v) is 3.86. The van der Waals surface area contributed by atoms with Gasteiger partial charge in [0.15, 0.2) is 16.3 Å². The molecule has 2 aromatic rings. The Bertz CT molecular complexity index is 575. The molecule has 1 N–H and O–H groups in total. The van der Waals surface area contributed by atoms with Gasteiger partial charge >= 0.3 is 0 Å². The third-order valence-electron chi connectivity index (χ3n) is 2.41. The highest BCUT2D eigenvalue weighted by atomic mass is 32.1. The number of fused-ring (bicyclic) bond motifs is 1. The summed E-state index contributed by atoms with van der Waals surface area (Å²) < 4.78 is 13.0. The molecule has 0 fully saturated rings. The predicted molar refractivity (Wildman–Crippen MR) is 59.1 cm³/mol. The molecule has 6 heteroatoms. The van der Waals surface area contributed by atoms with Crippen molar-refractivity contribution in [3.8, 4) is 11.5 Å². The molecule has 16 heavy (non-hydrogen) atoms. The molecule has 0 atom stereocenters. The molecule has 1 aromatic carbocycles. The van der Waals surface area contributed by atoms with Crippen LogP contribution in [0.15, 0.2) is 24.5 Å². The van der Waals surface area contributed by atoms with Crippen molar-refractivity contribution in [2.75, 3.05) is 6.79 Å². The van der Waals surface area contributed by atoms with E-state index >= 15 is 0 Å². The van der Waals surface area contributed by atoms with E-state index in [2.05, 4.69) is 10.2 Å². The van der Waals surface area contributed by atoms with Gasteiger partial charge in [0, 0.05) is 0 Å². The number of nitrogens with one attached hydrogen (secondary N) is 1. The summed E-state index contributed by atoms with van der Waals surface area (Å²) in [7, 11) is 0. The fraction of sp³-hybridized carbons (Fsp3) is 0.200. The van der Waals surface area contributed by atoms with Crippen LogP contribution >= 0.6 is 12.2 Å². The maximum atomic E-state index is 5.31. The second-order valence-electron chi connectivity index (χ2n) is 3.48. The normalized spacial score (nSPS) is 13.0. The summed E-state index contributed by atoms with van der Waals surface area (Å²) in [6.07, 6.45) is 1.67. The predicted octanol–water partition coefficient (Wildman–Crippen LogP) is 1.72. The number of rotatable bonds is 2. The first kappa shape index (κ1) is 9.41. The molecular formula is C10H9N3O2S. The van der Waals surface area contributed by atoms with Crippen molar-refractivity contribution in [1.29, 1.82) is 0 Å². The molecule has 0 bridgehead atoms. The largest absolute Gasteiger partial charge is 0.454 e. The molecule has 0 amide bonds. The Morgan fingerprint density at radius 3 is 3.06 bits per heavy atom. The number of nitrogens with zero attached hydrogens (tertiary/aromatic N) is 2. The Balaban J connectivity index is 1.91. The SMILES string of the molecule is S=c1[nH]ncn1Cc1ccc2c(c1)OCO2. The van der Waals surface area contributed by atoms with Gasteiger partial charge in [-0.05, 0) is 29.9 Å². The average molecular weight is 235 g/mol. The lowest BCUT2D eigenvalue weighted by Crippen LogP contribution is -1.98. The van der Waals surface area contributed by atoms with Crippen LogP contribution in [0.2, 0.25) is 0 Å². The molecule has 0 unspecified atom stereocenters. The second kappa shape index (κ2) is 3.64. The Labute approximate surface area is 96.6 Å². The van der Waals surface area contributed by atoms with E-state index in [0.29, 0.717) is 18.1 Å². The maximum Gasteiger partial charge on any atom is 0.231 e. The van der Waals surface area contributed by atoms with E-state index in [9.17, 15) is 0 Å². The number of hydrogen-bond donors (Lipinski definition) is 1. The molecule has 0 radical (unpaired) electrons. The first-order valence-electron chi connectivity index (χ1n) is 4.81. The van der Waals surface area contributed by atoms with E-state index < -0.39 is 0 Å². The molecule has 0 saturated carbocycles. The standard InChI is InChI=1S/C10H9N3O2S/c16-10-12-11-5-13(10)4-7-1-2-8-9(3-7)15-6-14-8/h1-3,5H,4,6H2,(H,12,16). The van der Waals surface area contributed by atoms with Crippen LogP contribution in [0.5, 0.6) is 11.5 Å². The van der Waals surface area contributed by atoms with E-state index in [1.54, 1.807) is 6.33 Å². The van der Waals surface area contributed by atoms with Crippen LogP contribution in [-0.4, -0.2) is 21.6 Å². The molecule has 0 spiro atoms. The summed E-state index contributed by atoms with van der Waals surface area (Å²) >= 11 is 5.07. The van der Waals surface area contributed by atoms with Crippen molar-refractivity contribution in [3.63, 3.8) is 0 Å². The summed E-state index contributed by atoms with van der Waals surface area (Å²) in [6, 6.07) is 5.85. The summed E-state index contributed by atoms with van der Waals surface area (Å²) in [6.45, 7) is 0.968. The molecule has 3 rings (SSSR count). The number of hydrogen-bond acceptors (Lipinski definition) is 4. The van der Waals surface area contributed by atoms with Crippen LogP contribution in [0, 0.1) is 4.77 Å².